The first kappa shape index (κ1) is 14.9. The number of nitrogen functional groups attached to an aromatic ring is 1. The number of hydrogen-bond acceptors (Lipinski definition) is 5. The van der Waals surface area contributed by atoms with Gasteiger partial charge in [-0.15, -0.1) is 0 Å². The number of nitrogens with one attached hydrogen (secondary N) is 1. The highest BCUT2D eigenvalue weighted by molar-refractivity contribution is 5.63. The predicted molar refractivity (Wildman–Crippen MR) is 82.4 cm³/mol. The van der Waals surface area contributed by atoms with Gasteiger partial charge >= 0.3 is 0 Å². The average Bonchev–Trinajstić information content (AvgIpc) is 2.90. The highest BCUT2D eigenvalue weighted by Crippen LogP contribution is 2.27. The first-order valence-electron chi connectivity index (χ1n) is 7.17. The third kappa shape index (κ3) is 4.58. The molecule has 0 amide bonds. The molecule has 0 bridgehead atoms. The van der Waals surface area contributed by atoms with Crippen LogP contribution in [0.2, 0.25) is 0 Å². The highest BCUT2D eigenvalue weighted by Gasteiger charge is 2.16. The molecule has 112 valence electrons. The van der Waals surface area contributed by atoms with Crippen LogP contribution < -0.4 is 15.8 Å². The molecule has 1 aromatic rings. The van der Waals surface area contributed by atoms with E-state index in [1.807, 2.05) is 18.2 Å². The van der Waals surface area contributed by atoms with Crippen LogP contribution in [0.3, 0.4) is 0 Å². The Labute approximate surface area is 121 Å². The Bertz CT molecular complexity index is 418. The second-order valence-electron chi connectivity index (χ2n) is 5.43. The normalized spacial score (nSPS) is 18.4. The lowest BCUT2D eigenvalue weighted by Gasteiger charge is -2.17. The maximum atomic E-state index is 5.88. The van der Waals surface area contributed by atoms with Crippen molar-refractivity contribution in [3.05, 3.63) is 18.2 Å². The number of rotatable bonds is 7. The minimum Gasteiger partial charge on any atom is -0.489 e. The van der Waals surface area contributed by atoms with Crippen LogP contribution in [0.5, 0.6) is 5.75 Å². The largest absolute Gasteiger partial charge is 0.489 e. The second-order valence-corrected chi connectivity index (χ2v) is 5.43. The summed E-state index contributed by atoms with van der Waals surface area (Å²) in [5.41, 5.74) is 7.53. The third-order valence-corrected chi connectivity index (χ3v) is 3.33. The molecule has 2 rings (SSSR count). The van der Waals surface area contributed by atoms with Crippen molar-refractivity contribution in [1.29, 1.82) is 0 Å². The van der Waals surface area contributed by atoms with E-state index in [0.29, 0.717) is 6.61 Å². The summed E-state index contributed by atoms with van der Waals surface area (Å²) in [6.07, 6.45) is 2.43. The zero-order valence-electron chi connectivity index (χ0n) is 12.4. The molecular formula is C15H25N3O2. The zero-order valence-corrected chi connectivity index (χ0v) is 12.4. The summed E-state index contributed by atoms with van der Waals surface area (Å²) < 4.78 is 11.5. The van der Waals surface area contributed by atoms with Crippen molar-refractivity contribution in [2.75, 3.05) is 51.4 Å². The fourth-order valence-electron chi connectivity index (χ4n) is 2.18. The Hall–Kier alpha value is -1.46. The predicted octanol–water partition coefficient (Wildman–Crippen LogP) is 1.80. The summed E-state index contributed by atoms with van der Waals surface area (Å²) in [7, 11) is 4.10. The van der Waals surface area contributed by atoms with E-state index in [9.17, 15) is 0 Å². The summed E-state index contributed by atoms with van der Waals surface area (Å²) >= 11 is 0. The summed E-state index contributed by atoms with van der Waals surface area (Å²) in [5.74, 6) is 0.841. The Kier molecular flexibility index (Phi) is 5.49. The fraction of sp³-hybridized carbons (Fsp3) is 0.600. The quantitative estimate of drug-likeness (QED) is 0.745. The molecule has 1 fully saturated rings. The molecule has 3 N–H and O–H groups in total. The molecule has 0 aliphatic carbocycles. The number of benzene rings is 1. The number of hydrogen-bond donors (Lipinski definition) is 2. The van der Waals surface area contributed by atoms with Gasteiger partial charge < -0.3 is 25.4 Å². The Morgan fingerprint density at radius 2 is 2.30 bits per heavy atom. The van der Waals surface area contributed by atoms with Gasteiger partial charge in [0.25, 0.3) is 0 Å². The van der Waals surface area contributed by atoms with Gasteiger partial charge in [-0.05, 0) is 45.1 Å². The minimum atomic E-state index is 0.224. The van der Waals surface area contributed by atoms with E-state index in [2.05, 4.69) is 24.3 Å². The van der Waals surface area contributed by atoms with Gasteiger partial charge in [0, 0.05) is 25.4 Å². The Balaban J connectivity index is 1.91. The molecule has 5 heteroatoms. The maximum Gasteiger partial charge on any atom is 0.142 e. The lowest BCUT2D eigenvalue weighted by Crippen LogP contribution is -2.21. The molecule has 0 spiro atoms. The topological polar surface area (TPSA) is 59.8 Å². The standard InChI is InChI=1S/C15H25N3O2/c1-18(2)8-7-17-14-10-12(16)5-6-15(14)20-11-13-4-3-9-19-13/h5-6,10,13,17H,3-4,7-9,11,16H2,1-2H3. The van der Waals surface area contributed by atoms with Crippen molar-refractivity contribution in [2.24, 2.45) is 0 Å². The molecular weight excluding hydrogens is 254 g/mol. The summed E-state index contributed by atoms with van der Waals surface area (Å²) in [6, 6.07) is 5.70. The average molecular weight is 279 g/mol. The monoisotopic (exact) mass is 279 g/mol. The van der Waals surface area contributed by atoms with Crippen molar-refractivity contribution < 1.29 is 9.47 Å². The maximum absolute atomic E-state index is 5.88. The van der Waals surface area contributed by atoms with E-state index in [1.54, 1.807) is 0 Å². The first-order valence-corrected chi connectivity index (χ1v) is 7.17. The van der Waals surface area contributed by atoms with Crippen LogP contribution in [0, 0.1) is 0 Å². The van der Waals surface area contributed by atoms with Gasteiger partial charge in [-0.25, -0.2) is 0 Å². The van der Waals surface area contributed by atoms with Crippen LogP contribution in [0.1, 0.15) is 12.8 Å². The highest BCUT2D eigenvalue weighted by atomic mass is 16.5. The van der Waals surface area contributed by atoms with Gasteiger partial charge in [0.15, 0.2) is 0 Å². The van der Waals surface area contributed by atoms with Crippen LogP contribution in [0.25, 0.3) is 0 Å². The fourth-order valence-corrected chi connectivity index (χ4v) is 2.18. The van der Waals surface area contributed by atoms with Crippen molar-refractivity contribution in [1.82, 2.24) is 4.90 Å². The molecule has 1 unspecified atom stereocenters. The summed E-state index contributed by atoms with van der Waals surface area (Å²) in [5, 5.41) is 3.37. The molecule has 1 aliphatic rings. The van der Waals surface area contributed by atoms with E-state index in [0.717, 1.165) is 49.7 Å². The molecule has 5 nitrogen and oxygen atoms in total. The smallest absolute Gasteiger partial charge is 0.142 e. The van der Waals surface area contributed by atoms with E-state index >= 15 is 0 Å². The Morgan fingerprint density at radius 1 is 1.45 bits per heavy atom. The summed E-state index contributed by atoms with van der Waals surface area (Å²) in [6.45, 7) is 3.27. The van der Waals surface area contributed by atoms with Crippen molar-refractivity contribution in [3.8, 4) is 5.75 Å². The summed E-state index contributed by atoms with van der Waals surface area (Å²) in [4.78, 5) is 2.13. The number of anilines is 2. The minimum absolute atomic E-state index is 0.224. The van der Waals surface area contributed by atoms with Crippen LogP contribution in [-0.2, 0) is 4.74 Å². The lowest BCUT2D eigenvalue weighted by molar-refractivity contribution is 0.0682. The van der Waals surface area contributed by atoms with Gasteiger partial charge in [-0.2, -0.15) is 0 Å². The van der Waals surface area contributed by atoms with Crippen LogP contribution in [0.15, 0.2) is 18.2 Å². The van der Waals surface area contributed by atoms with Crippen molar-refractivity contribution in [3.63, 3.8) is 0 Å². The SMILES string of the molecule is CN(C)CCNc1cc(N)ccc1OCC1CCCO1. The third-order valence-electron chi connectivity index (χ3n) is 3.33. The van der Waals surface area contributed by atoms with Gasteiger partial charge in [0.2, 0.25) is 0 Å². The number of nitrogens with two attached hydrogens (primary N) is 1. The molecule has 20 heavy (non-hydrogen) atoms. The molecule has 1 aliphatic heterocycles. The number of ether oxygens (including phenoxy) is 2. The molecule has 0 radical (unpaired) electrons. The van der Waals surface area contributed by atoms with Crippen LogP contribution in [0.4, 0.5) is 11.4 Å². The molecule has 1 atom stereocenters. The van der Waals surface area contributed by atoms with E-state index in [1.165, 1.54) is 0 Å². The molecule has 1 aromatic carbocycles. The van der Waals surface area contributed by atoms with Crippen molar-refractivity contribution >= 4 is 11.4 Å². The van der Waals surface area contributed by atoms with E-state index < -0.39 is 0 Å². The zero-order chi connectivity index (χ0) is 14.4. The van der Waals surface area contributed by atoms with Crippen LogP contribution >= 0.6 is 0 Å². The molecule has 0 saturated carbocycles. The number of likely N-dealkylation sites (N-methyl/N-ethyl adjacent to an activating group) is 1. The second kappa shape index (κ2) is 7.36. The van der Waals surface area contributed by atoms with Gasteiger partial charge in [-0.1, -0.05) is 0 Å². The van der Waals surface area contributed by atoms with Crippen molar-refractivity contribution in [2.45, 2.75) is 18.9 Å². The van der Waals surface area contributed by atoms with E-state index in [4.69, 9.17) is 15.2 Å². The van der Waals surface area contributed by atoms with Gasteiger partial charge in [0.05, 0.1) is 11.8 Å². The van der Waals surface area contributed by atoms with Gasteiger partial charge in [-0.3, -0.25) is 0 Å². The molecule has 0 aromatic heterocycles. The Morgan fingerprint density at radius 3 is 3.00 bits per heavy atom. The lowest BCUT2D eigenvalue weighted by atomic mass is 10.2. The van der Waals surface area contributed by atoms with E-state index in [-0.39, 0.29) is 6.10 Å². The first-order chi connectivity index (χ1) is 9.65. The van der Waals surface area contributed by atoms with Gasteiger partial charge in [0.1, 0.15) is 12.4 Å². The number of nitrogens with zero attached hydrogens (tertiary/aromatic N) is 1. The molecule has 1 heterocycles. The van der Waals surface area contributed by atoms with Crippen LogP contribution in [-0.4, -0.2) is 51.4 Å². The molecule has 1 saturated heterocycles.